The van der Waals surface area contributed by atoms with Gasteiger partial charge in [0, 0.05) is 5.56 Å². The number of rotatable bonds is 2. The lowest BCUT2D eigenvalue weighted by atomic mass is 9.82. The molecule has 0 radical (unpaired) electrons. The monoisotopic (exact) mass is 226 g/mol. The van der Waals surface area contributed by atoms with Gasteiger partial charge in [-0.05, 0) is 31.2 Å². The predicted molar refractivity (Wildman–Crippen MR) is 57.9 cm³/mol. The van der Waals surface area contributed by atoms with Gasteiger partial charge in [0.05, 0.1) is 5.60 Å². The van der Waals surface area contributed by atoms with Crippen molar-refractivity contribution in [3.05, 3.63) is 35.4 Å². The van der Waals surface area contributed by atoms with Crippen LogP contribution in [0.25, 0.3) is 0 Å². The third-order valence-corrected chi connectivity index (χ3v) is 3.70. The Balaban J connectivity index is 2.46. The van der Waals surface area contributed by atoms with Crippen LogP contribution in [0.3, 0.4) is 0 Å². The molecule has 3 heteroatoms. The third-order valence-electron chi connectivity index (χ3n) is 3.70. The summed E-state index contributed by atoms with van der Waals surface area (Å²) in [5, 5.41) is 10.5. The van der Waals surface area contributed by atoms with Gasteiger partial charge in [0.25, 0.3) is 0 Å². The summed E-state index contributed by atoms with van der Waals surface area (Å²) >= 11 is 0. The van der Waals surface area contributed by atoms with Crippen LogP contribution in [0.1, 0.15) is 38.2 Å². The highest BCUT2D eigenvalue weighted by Crippen LogP contribution is 2.46. The molecule has 88 valence electrons. The van der Waals surface area contributed by atoms with Gasteiger partial charge in [0.15, 0.2) is 11.6 Å². The van der Waals surface area contributed by atoms with Gasteiger partial charge in [0.2, 0.25) is 0 Å². The lowest BCUT2D eigenvalue weighted by molar-refractivity contribution is -0.00758. The van der Waals surface area contributed by atoms with E-state index in [1.165, 1.54) is 12.1 Å². The molecule has 1 aromatic carbocycles. The minimum atomic E-state index is -1.18. The molecular formula is C13H16F2O. The van der Waals surface area contributed by atoms with E-state index in [0.717, 1.165) is 25.3 Å². The fourth-order valence-electron chi connectivity index (χ4n) is 2.80. The molecule has 0 saturated heterocycles. The summed E-state index contributed by atoms with van der Waals surface area (Å²) in [5.41, 5.74) is -1.06. The second kappa shape index (κ2) is 4.13. The molecule has 0 spiro atoms. The number of hydrogen-bond acceptors (Lipinski definition) is 1. The van der Waals surface area contributed by atoms with E-state index in [0.29, 0.717) is 6.42 Å². The molecule has 0 bridgehead atoms. The number of halogens is 2. The van der Waals surface area contributed by atoms with Crippen LogP contribution in [0.2, 0.25) is 0 Å². The van der Waals surface area contributed by atoms with Crippen molar-refractivity contribution in [2.24, 2.45) is 5.92 Å². The van der Waals surface area contributed by atoms with Gasteiger partial charge in [-0.1, -0.05) is 25.5 Å². The van der Waals surface area contributed by atoms with Crippen LogP contribution in [0.5, 0.6) is 0 Å². The van der Waals surface area contributed by atoms with Crippen LogP contribution < -0.4 is 0 Å². The maximum Gasteiger partial charge on any atom is 0.164 e. The SMILES string of the molecule is CCC1CCCC1(O)c1cccc(F)c1F. The van der Waals surface area contributed by atoms with E-state index in [2.05, 4.69) is 0 Å². The lowest BCUT2D eigenvalue weighted by Crippen LogP contribution is -2.31. The van der Waals surface area contributed by atoms with E-state index < -0.39 is 17.2 Å². The van der Waals surface area contributed by atoms with Crippen molar-refractivity contribution in [3.8, 4) is 0 Å². The van der Waals surface area contributed by atoms with Crippen molar-refractivity contribution in [2.75, 3.05) is 0 Å². The number of benzene rings is 1. The molecule has 2 unspecified atom stereocenters. The first kappa shape index (κ1) is 11.5. The van der Waals surface area contributed by atoms with Crippen molar-refractivity contribution in [3.63, 3.8) is 0 Å². The van der Waals surface area contributed by atoms with Gasteiger partial charge in [-0.25, -0.2) is 8.78 Å². The minimum absolute atomic E-state index is 0.0313. The molecule has 0 aliphatic heterocycles. The number of aliphatic hydroxyl groups is 1. The molecule has 0 heterocycles. The van der Waals surface area contributed by atoms with Crippen LogP contribution in [-0.4, -0.2) is 5.11 Å². The Kier molecular flexibility index (Phi) is 2.98. The van der Waals surface area contributed by atoms with Gasteiger partial charge in [0.1, 0.15) is 0 Å². The Hall–Kier alpha value is -0.960. The summed E-state index contributed by atoms with van der Waals surface area (Å²) in [7, 11) is 0. The topological polar surface area (TPSA) is 20.2 Å². The second-order valence-electron chi connectivity index (χ2n) is 4.52. The van der Waals surface area contributed by atoms with Crippen molar-refractivity contribution in [1.82, 2.24) is 0 Å². The standard InChI is InChI=1S/C13H16F2O/c1-2-9-5-4-8-13(9,16)10-6-3-7-11(14)12(10)15/h3,6-7,9,16H,2,4-5,8H2,1H3. The van der Waals surface area contributed by atoms with E-state index in [1.807, 2.05) is 6.92 Å². The smallest absolute Gasteiger partial charge is 0.164 e. The van der Waals surface area contributed by atoms with Gasteiger partial charge in [-0.15, -0.1) is 0 Å². The predicted octanol–water partition coefficient (Wildman–Crippen LogP) is 3.36. The Bertz CT molecular complexity index is 392. The zero-order valence-electron chi connectivity index (χ0n) is 9.34. The van der Waals surface area contributed by atoms with E-state index in [9.17, 15) is 13.9 Å². The van der Waals surface area contributed by atoms with Gasteiger partial charge in [-0.3, -0.25) is 0 Å². The Labute approximate surface area is 94.1 Å². The van der Waals surface area contributed by atoms with E-state index in [1.54, 1.807) is 0 Å². The van der Waals surface area contributed by atoms with Gasteiger partial charge in [-0.2, -0.15) is 0 Å². The molecule has 2 atom stereocenters. The van der Waals surface area contributed by atoms with E-state index >= 15 is 0 Å². The molecule has 0 aromatic heterocycles. The first-order valence-electron chi connectivity index (χ1n) is 5.76. The molecule has 1 N–H and O–H groups in total. The first-order chi connectivity index (χ1) is 7.59. The Morgan fingerprint density at radius 1 is 1.44 bits per heavy atom. The number of hydrogen-bond donors (Lipinski definition) is 1. The van der Waals surface area contributed by atoms with Crippen LogP contribution in [0.4, 0.5) is 8.78 Å². The van der Waals surface area contributed by atoms with Crippen molar-refractivity contribution >= 4 is 0 Å². The zero-order chi connectivity index (χ0) is 11.8. The largest absolute Gasteiger partial charge is 0.385 e. The fraction of sp³-hybridized carbons (Fsp3) is 0.538. The summed E-state index contributed by atoms with van der Waals surface area (Å²) in [4.78, 5) is 0. The van der Waals surface area contributed by atoms with E-state index in [-0.39, 0.29) is 11.5 Å². The molecule has 16 heavy (non-hydrogen) atoms. The first-order valence-corrected chi connectivity index (χ1v) is 5.76. The molecule has 1 aliphatic carbocycles. The van der Waals surface area contributed by atoms with Crippen LogP contribution in [0.15, 0.2) is 18.2 Å². The zero-order valence-corrected chi connectivity index (χ0v) is 9.34. The second-order valence-corrected chi connectivity index (χ2v) is 4.52. The average molecular weight is 226 g/mol. The maximum absolute atomic E-state index is 13.7. The van der Waals surface area contributed by atoms with Crippen LogP contribution in [0, 0.1) is 17.6 Å². The molecule has 0 amide bonds. The van der Waals surface area contributed by atoms with E-state index in [4.69, 9.17) is 0 Å². The maximum atomic E-state index is 13.7. The highest BCUT2D eigenvalue weighted by atomic mass is 19.2. The summed E-state index contributed by atoms with van der Waals surface area (Å²) in [6, 6.07) is 4.03. The molecule has 1 fully saturated rings. The molecule has 1 aliphatic rings. The van der Waals surface area contributed by atoms with Crippen molar-refractivity contribution in [1.29, 1.82) is 0 Å². The summed E-state index contributed by atoms with van der Waals surface area (Å²) in [6.45, 7) is 1.97. The summed E-state index contributed by atoms with van der Waals surface area (Å²) in [6.07, 6.45) is 3.05. The summed E-state index contributed by atoms with van der Waals surface area (Å²) < 4.78 is 26.8. The Morgan fingerprint density at radius 3 is 2.88 bits per heavy atom. The van der Waals surface area contributed by atoms with Crippen LogP contribution in [-0.2, 0) is 5.60 Å². The summed E-state index contributed by atoms with van der Waals surface area (Å²) in [5.74, 6) is -1.75. The van der Waals surface area contributed by atoms with Gasteiger partial charge >= 0.3 is 0 Å². The molecule has 1 nitrogen and oxygen atoms in total. The highest BCUT2D eigenvalue weighted by Gasteiger charge is 2.43. The van der Waals surface area contributed by atoms with Crippen molar-refractivity contribution in [2.45, 2.75) is 38.2 Å². The van der Waals surface area contributed by atoms with Crippen LogP contribution >= 0.6 is 0 Å². The minimum Gasteiger partial charge on any atom is -0.385 e. The molecule has 2 rings (SSSR count). The normalized spacial score (nSPS) is 29.6. The quantitative estimate of drug-likeness (QED) is 0.819. The van der Waals surface area contributed by atoms with Gasteiger partial charge < -0.3 is 5.11 Å². The molecule has 1 aromatic rings. The molecule has 1 saturated carbocycles. The molecular weight excluding hydrogens is 210 g/mol. The fourth-order valence-corrected chi connectivity index (χ4v) is 2.80. The highest BCUT2D eigenvalue weighted by molar-refractivity contribution is 5.27. The van der Waals surface area contributed by atoms with Crippen molar-refractivity contribution < 1.29 is 13.9 Å². The lowest BCUT2D eigenvalue weighted by Gasteiger charge is -2.30. The Morgan fingerprint density at radius 2 is 2.19 bits per heavy atom. The third kappa shape index (κ3) is 1.63. The average Bonchev–Trinajstić information content (AvgIpc) is 2.64.